The fourth-order valence-corrected chi connectivity index (χ4v) is 4.04. The largest absolute Gasteiger partial charge is 0.505 e. The average Bonchev–Trinajstić information content (AvgIpc) is 2.61. The molecule has 0 saturated heterocycles. The minimum atomic E-state index is -4.03. The van der Waals surface area contributed by atoms with Crippen molar-refractivity contribution in [2.45, 2.75) is 4.90 Å². The van der Waals surface area contributed by atoms with E-state index in [2.05, 4.69) is 5.32 Å². The number of para-hydroxylation sites is 1. The fraction of sp³-hybridized carbons (Fsp3) is 0.0588. The van der Waals surface area contributed by atoms with Crippen molar-refractivity contribution in [1.82, 2.24) is 4.31 Å². The first-order valence-electron chi connectivity index (χ1n) is 7.40. The van der Waals surface area contributed by atoms with Gasteiger partial charge in [-0.1, -0.05) is 24.3 Å². The number of sulfonamides is 1. The molecule has 0 aliphatic carbocycles. The summed E-state index contributed by atoms with van der Waals surface area (Å²) in [5, 5.41) is 22.0. The molecule has 0 aromatic heterocycles. The Balaban J connectivity index is 2.09. The normalized spacial score (nSPS) is 15.3. The number of likely N-dealkylation sites (N-methyl/N-ethyl adjacent to an activating group) is 1. The number of hydrogen-bond acceptors (Lipinski definition) is 5. The molecule has 9 heteroatoms. The summed E-state index contributed by atoms with van der Waals surface area (Å²) in [7, 11) is -2.89. The van der Waals surface area contributed by atoms with Crippen molar-refractivity contribution in [1.29, 1.82) is 0 Å². The van der Waals surface area contributed by atoms with Gasteiger partial charge in [0.05, 0.1) is 16.1 Å². The SMILES string of the molecule is CN1C(C(=O)Nc2ccccc2C(=O)O)=C(O)c2ccccc2S1(=O)=O. The highest BCUT2D eigenvalue weighted by atomic mass is 32.2. The molecule has 2 aromatic rings. The van der Waals surface area contributed by atoms with E-state index in [1.807, 2.05) is 0 Å². The zero-order valence-electron chi connectivity index (χ0n) is 13.5. The van der Waals surface area contributed by atoms with Gasteiger partial charge in [0, 0.05) is 12.6 Å². The van der Waals surface area contributed by atoms with Crippen molar-refractivity contribution in [3.05, 3.63) is 65.4 Å². The van der Waals surface area contributed by atoms with Crippen LogP contribution in [-0.4, -0.2) is 41.9 Å². The number of aliphatic hydroxyl groups is 1. The number of benzene rings is 2. The van der Waals surface area contributed by atoms with Crippen molar-refractivity contribution in [2.75, 3.05) is 12.4 Å². The second kappa shape index (κ2) is 6.19. The van der Waals surface area contributed by atoms with Crippen LogP contribution in [0.4, 0.5) is 5.69 Å². The molecule has 134 valence electrons. The maximum atomic E-state index is 12.6. The molecule has 3 rings (SSSR count). The Kier molecular flexibility index (Phi) is 4.17. The van der Waals surface area contributed by atoms with Gasteiger partial charge in [-0.05, 0) is 24.3 Å². The molecular weight excluding hydrogens is 360 g/mol. The molecule has 0 spiro atoms. The van der Waals surface area contributed by atoms with E-state index in [1.165, 1.54) is 48.5 Å². The highest BCUT2D eigenvalue weighted by Crippen LogP contribution is 2.34. The lowest BCUT2D eigenvalue weighted by atomic mass is 10.1. The van der Waals surface area contributed by atoms with Crippen molar-refractivity contribution in [3.8, 4) is 0 Å². The number of aliphatic hydroxyl groups excluding tert-OH is 1. The minimum Gasteiger partial charge on any atom is -0.505 e. The summed E-state index contributed by atoms with van der Waals surface area (Å²) >= 11 is 0. The van der Waals surface area contributed by atoms with Gasteiger partial charge in [-0.3, -0.25) is 9.10 Å². The Hall–Kier alpha value is -3.33. The number of carbonyl (C=O) groups excluding carboxylic acids is 1. The zero-order valence-corrected chi connectivity index (χ0v) is 14.3. The number of carbonyl (C=O) groups is 2. The number of amides is 1. The molecular formula is C17H14N2O6S. The third-order valence-corrected chi connectivity index (χ3v) is 5.76. The third kappa shape index (κ3) is 2.68. The number of nitrogens with zero attached hydrogens (tertiary/aromatic N) is 1. The quantitative estimate of drug-likeness (QED) is 0.754. The number of hydrogen-bond donors (Lipinski definition) is 3. The summed E-state index contributed by atoms with van der Waals surface area (Å²) < 4.78 is 25.9. The van der Waals surface area contributed by atoms with E-state index in [4.69, 9.17) is 0 Å². The van der Waals surface area contributed by atoms with E-state index < -0.39 is 33.4 Å². The van der Waals surface area contributed by atoms with Gasteiger partial charge in [0.1, 0.15) is 0 Å². The molecule has 1 heterocycles. The molecule has 0 bridgehead atoms. The van der Waals surface area contributed by atoms with Gasteiger partial charge in [0.25, 0.3) is 15.9 Å². The number of anilines is 1. The Morgan fingerprint density at radius 1 is 1.04 bits per heavy atom. The van der Waals surface area contributed by atoms with E-state index in [0.29, 0.717) is 4.31 Å². The Labute approximate surface area is 149 Å². The van der Waals surface area contributed by atoms with Gasteiger partial charge in [-0.25, -0.2) is 13.2 Å². The minimum absolute atomic E-state index is 0.00210. The summed E-state index contributed by atoms with van der Waals surface area (Å²) in [4.78, 5) is 23.8. The standard InChI is InChI=1S/C17H14N2O6S/c1-19-14(15(20)11-7-3-5-9-13(11)26(19,24)25)16(21)18-12-8-4-2-6-10(12)17(22)23/h2-9,20H,1H3,(H,18,21)(H,22,23). The van der Waals surface area contributed by atoms with E-state index >= 15 is 0 Å². The molecule has 0 saturated carbocycles. The number of fused-ring (bicyclic) bond motifs is 1. The number of carboxylic acids is 1. The van der Waals surface area contributed by atoms with Crippen molar-refractivity contribution >= 4 is 33.3 Å². The highest BCUT2D eigenvalue weighted by molar-refractivity contribution is 7.89. The van der Waals surface area contributed by atoms with Gasteiger partial charge in [0.2, 0.25) is 0 Å². The van der Waals surface area contributed by atoms with Crippen LogP contribution in [-0.2, 0) is 14.8 Å². The molecule has 1 amide bonds. The van der Waals surface area contributed by atoms with Crippen molar-refractivity contribution in [2.24, 2.45) is 0 Å². The average molecular weight is 374 g/mol. The van der Waals surface area contributed by atoms with Crippen LogP contribution in [0.15, 0.2) is 59.1 Å². The monoisotopic (exact) mass is 374 g/mol. The van der Waals surface area contributed by atoms with Gasteiger partial charge in [-0.15, -0.1) is 0 Å². The predicted molar refractivity (Wildman–Crippen MR) is 93.0 cm³/mol. The molecule has 0 radical (unpaired) electrons. The lowest BCUT2D eigenvalue weighted by molar-refractivity contribution is -0.113. The van der Waals surface area contributed by atoms with Crippen LogP contribution >= 0.6 is 0 Å². The number of rotatable bonds is 3. The molecule has 1 aliphatic rings. The molecule has 26 heavy (non-hydrogen) atoms. The molecule has 2 aromatic carbocycles. The highest BCUT2D eigenvalue weighted by Gasteiger charge is 2.37. The Bertz CT molecular complexity index is 1060. The third-order valence-electron chi connectivity index (χ3n) is 3.94. The van der Waals surface area contributed by atoms with E-state index in [0.717, 1.165) is 7.05 Å². The van der Waals surface area contributed by atoms with Crippen LogP contribution in [0, 0.1) is 0 Å². The van der Waals surface area contributed by atoms with Crippen LogP contribution in [0.2, 0.25) is 0 Å². The summed E-state index contributed by atoms with van der Waals surface area (Å²) in [6, 6.07) is 11.4. The second-order valence-corrected chi connectivity index (χ2v) is 7.41. The zero-order chi connectivity index (χ0) is 19.1. The van der Waals surface area contributed by atoms with Crippen LogP contribution in [0.5, 0.6) is 0 Å². The van der Waals surface area contributed by atoms with Crippen molar-refractivity contribution in [3.63, 3.8) is 0 Å². The van der Waals surface area contributed by atoms with Crippen LogP contribution in [0.1, 0.15) is 15.9 Å². The smallest absolute Gasteiger partial charge is 0.337 e. The molecule has 0 atom stereocenters. The number of nitrogens with one attached hydrogen (secondary N) is 1. The topological polar surface area (TPSA) is 124 Å². The van der Waals surface area contributed by atoms with Crippen molar-refractivity contribution < 1.29 is 28.2 Å². The predicted octanol–water partition coefficient (Wildman–Crippen LogP) is 1.88. The summed E-state index contributed by atoms with van der Waals surface area (Å²) in [6.45, 7) is 0. The van der Waals surface area contributed by atoms with E-state index in [9.17, 15) is 28.2 Å². The maximum Gasteiger partial charge on any atom is 0.337 e. The van der Waals surface area contributed by atoms with E-state index in [-0.39, 0.29) is 21.7 Å². The maximum absolute atomic E-state index is 12.6. The lowest BCUT2D eigenvalue weighted by Crippen LogP contribution is -2.37. The molecule has 8 nitrogen and oxygen atoms in total. The number of aromatic carboxylic acids is 1. The first-order chi connectivity index (χ1) is 12.2. The van der Waals surface area contributed by atoms with Crippen LogP contribution in [0.3, 0.4) is 0 Å². The molecule has 1 aliphatic heterocycles. The van der Waals surface area contributed by atoms with E-state index in [1.54, 1.807) is 0 Å². The molecule has 0 unspecified atom stereocenters. The molecule has 3 N–H and O–H groups in total. The van der Waals surface area contributed by atoms with Crippen LogP contribution in [0.25, 0.3) is 5.76 Å². The lowest BCUT2D eigenvalue weighted by Gasteiger charge is -2.28. The summed E-state index contributed by atoms with van der Waals surface area (Å²) in [5.41, 5.74) is -0.677. The van der Waals surface area contributed by atoms with Crippen LogP contribution < -0.4 is 5.32 Å². The van der Waals surface area contributed by atoms with Gasteiger partial charge >= 0.3 is 5.97 Å². The molecule has 0 fully saturated rings. The van der Waals surface area contributed by atoms with Gasteiger partial charge in [0.15, 0.2) is 11.5 Å². The van der Waals surface area contributed by atoms with Gasteiger partial charge in [-0.2, -0.15) is 0 Å². The first kappa shape index (κ1) is 17.5. The Morgan fingerprint density at radius 3 is 2.35 bits per heavy atom. The first-order valence-corrected chi connectivity index (χ1v) is 8.84. The number of carboxylic acid groups (broad SMARTS) is 1. The Morgan fingerprint density at radius 2 is 1.65 bits per heavy atom. The second-order valence-electron chi connectivity index (χ2n) is 5.47. The fourth-order valence-electron chi connectivity index (χ4n) is 2.64. The van der Waals surface area contributed by atoms with Gasteiger partial charge < -0.3 is 15.5 Å². The summed E-state index contributed by atoms with van der Waals surface area (Å²) in [6.07, 6.45) is 0. The summed E-state index contributed by atoms with van der Waals surface area (Å²) in [5.74, 6) is -2.71.